The Kier molecular flexibility index (Phi) is 2.78. The zero-order valence-corrected chi connectivity index (χ0v) is 12.7. The highest BCUT2D eigenvalue weighted by molar-refractivity contribution is 7.90. The maximum absolute atomic E-state index is 12.0. The Morgan fingerprint density at radius 1 is 1.06 bits per heavy atom. The van der Waals surface area contributed by atoms with Crippen LogP contribution in [0.15, 0.2) is 4.90 Å². The quantitative estimate of drug-likeness (QED) is 0.786. The van der Waals surface area contributed by atoms with E-state index in [0.29, 0.717) is 11.5 Å². The molecular formula is C14H20O3S. The van der Waals surface area contributed by atoms with Crippen LogP contribution in [0.4, 0.5) is 0 Å². The number of hydrogen-bond donors (Lipinski definition) is 0. The molecule has 4 heteroatoms. The Hall–Kier alpha value is -1.03. The molecule has 0 atom stereocenters. The summed E-state index contributed by atoms with van der Waals surface area (Å²) in [5, 5.41) is 0. The number of benzene rings is 1. The zero-order valence-electron chi connectivity index (χ0n) is 11.8. The van der Waals surface area contributed by atoms with E-state index in [1.165, 1.54) is 6.26 Å². The van der Waals surface area contributed by atoms with Gasteiger partial charge in [0.05, 0.1) is 11.5 Å². The Labute approximate surface area is 109 Å². The summed E-state index contributed by atoms with van der Waals surface area (Å²) in [7, 11) is -3.21. The molecule has 0 aromatic heterocycles. The SMILES string of the molecule is Cc1c(C)c(S(C)(=O)=O)c(C)c2c1OCC2(C)C. The van der Waals surface area contributed by atoms with Crippen LogP contribution in [0.5, 0.6) is 5.75 Å². The van der Waals surface area contributed by atoms with E-state index in [1.807, 2.05) is 20.8 Å². The second-order valence-electron chi connectivity index (χ2n) is 5.85. The van der Waals surface area contributed by atoms with Crippen LogP contribution in [-0.2, 0) is 15.3 Å². The standard InChI is InChI=1S/C14H20O3S/c1-8-9(2)13(18(6,15)16)10(3)11-12(8)17-7-14(11,4)5/h7H2,1-6H3. The van der Waals surface area contributed by atoms with Crippen molar-refractivity contribution in [3.8, 4) is 5.75 Å². The summed E-state index contributed by atoms with van der Waals surface area (Å²) in [6, 6.07) is 0. The predicted octanol–water partition coefficient (Wildman–Crippen LogP) is 2.69. The van der Waals surface area contributed by atoms with Gasteiger partial charge in [0.15, 0.2) is 9.84 Å². The van der Waals surface area contributed by atoms with E-state index in [0.717, 1.165) is 28.0 Å². The minimum Gasteiger partial charge on any atom is -0.492 e. The molecule has 0 radical (unpaired) electrons. The van der Waals surface area contributed by atoms with Crippen molar-refractivity contribution in [3.05, 3.63) is 22.3 Å². The first-order valence-corrected chi connectivity index (χ1v) is 7.93. The number of hydrogen-bond acceptors (Lipinski definition) is 3. The molecule has 18 heavy (non-hydrogen) atoms. The molecule has 0 spiro atoms. The molecule has 2 rings (SSSR count). The molecule has 0 N–H and O–H groups in total. The number of rotatable bonds is 1. The molecule has 0 saturated carbocycles. The minimum absolute atomic E-state index is 0.128. The molecular weight excluding hydrogens is 248 g/mol. The average molecular weight is 268 g/mol. The molecule has 1 aromatic rings. The lowest BCUT2D eigenvalue weighted by Gasteiger charge is -2.21. The van der Waals surface area contributed by atoms with Crippen molar-refractivity contribution in [2.75, 3.05) is 12.9 Å². The summed E-state index contributed by atoms with van der Waals surface area (Å²) in [6.07, 6.45) is 1.27. The Bertz CT molecular complexity index is 625. The van der Waals surface area contributed by atoms with E-state index in [-0.39, 0.29) is 5.41 Å². The van der Waals surface area contributed by atoms with E-state index in [4.69, 9.17) is 4.74 Å². The largest absolute Gasteiger partial charge is 0.492 e. The zero-order chi connectivity index (χ0) is 13.9. The molecule has 0 saturated heterocycles. The van der Waals surface area contributed by atoms with Gasteiger partial charge in [-0.25, -0.2) is 8.42 Å². The normalized spacial score (nSPS) is 17.4. The molecule has 0 fully saturated rings. The molecule has 0 unspecified atom stereocenters. The van der Waals surface area contributed by atoms with Gasteiger partial charge in [0, 0.05) is 17.2 Å². The first-order valence-electron chi connectivity index (χ1n) is 6.04. The van der Waals surface area contributed by atoms with Gasteiger partial charge in [-0.1, -0.05) is 13.8 Å². The van der Waals surface area contributed by atoms with Gasteiger partial charge in [-0.15, -0.1) is 0 Å². The summed E-state index contributed by atoms with van der Waals surface area (Å²) in [6.45, 7) is 10.5. The monoisotopic (exact) mass is 268 g/mol. The van der Waals surface area contributed by atoms with Crippen LogP contribution in [0.25, 0.3) is 0 Å². The molecule has 1 aliphatic rings. The second-order valence-corrected chi connectivity index (χ2v) is 7.81. The summed E-state index contributed by atoms with van der Waals surface area (Å²) in [5.41, 5.74) is 3.52. The van der Waals surface area contributed by atoms with Gasteiger partial charge in [0.1, 0.15) is 5.75 Å². The highest BCUT2D eigenvalue weighted by Crippen LogP contribution is 2.46. The molecule has 1 aromatic carbocycles. The topological polar surface area (TPSA) is 43.4 Å². The van der Waals surface area contributed by atoms with Crippen molar-refractivity contribution in [2.45, 2.75) is 44.9 Å². The van der Waals surface area contributed by atoms with Gasteiger partial charge < -0.3 is 4.74 Å². The van der Waals surface area contributed by atoms with Gasteiger partial charge in [-0.3, -0.25) is 0 Å². The van der Waals surface area contributed by atoms with Crippen LogP contribution < -0.4 is 4.74 Å². The summed E-state index contributed by atoms with van der Waals surface area (Å²) in [5.74, 6) is 0.877. The van der Waals surface area contributed by atoms with E-state index in [1.54, 1.807) is 0 Å². The predicted molar refractivity (Wildman–Crippen MR) is 72.3 cm³/mol. The van der Waals surface area contributed by atoms with Crippen molar-refractivity contribution in [3.63, 3.8) is 0 Å². The number of ether oxygens (including phenoxy) is 1. The first-order chi connectivity index (χ1) is 8.07. The van der Waals surface area contributed by atoms with Gasteiger partial charge in [-0.2, -0.15) is 0 Å². The first kappa shape index (κ1) is 13.4. The average Bonchev–Trinajstić information content (AvgIpc) is 2.49. The molecule has 0 aliphatic carbocycles. The Balaban J connectivity index is 2.94. The Morgan fingerprint density at radius 2 is 1.61 bits per heavy atom. The summed E-state index contributed by atoms with van der Waals surface area (Å²) >= 11 is 0. The highest BCUT2D eigenvalue weighted by atomic mass is 32.2. The van der Waals surface area contributed by atoms with Crippen LogP contribution in [-0.4, -0.2) is 21.3 Å². The van der Waals surface area contributed by atoms with Crippen molar-refractivity contribution >= 4 is 9.84 Å². The van der Waals surface area contributed by atoms with E-state index in [2.05, 4.69) is 13.8 Å². The molecule has 1 heterocycles. The van der Waals surface area contributed by atoms with Gasteiger partial charge in [-0.05, 0) is 37.5 Å². The van der Waals surface area contributed by atoms with Crippen LogP contribution in [0.2, 0.25) is 0 Å². The fourth-order valence-corrected chi connectivity index (χ4v) is 4.34. The smallest absolute Gasteiger partial charge is 0.176 e. The van der Waals surface area contributed by atoms with Crippen molar-refractivity contribution in [1.82, 2.24) is 0 Å². The van der Waals surface area contributed by atoms with E-state index >= 15 is 0 Å². The van der Waals surface area contributed by atoms with Gasteiger partial charge in [0.2, 0.25) is 0 Å². The van der Waals surface area contributed by atoms with Crippen LogP contribution in [0.1, 0.15) is 36.1 Å². The molecule has 100 valence electrons. The number of sulfone groups is 1. The summed E-state index contributed by atoms with van der Waals surface area (Å²) in [4.78, 5) is 0.470. The van der Waals surface area contributed by atoms with E-state index < -0.39 is 9.84 Å². The molecule has 0 amide bonds. The lowest BCUT2D eigenvalue weighted by atomic mass is 9.82. The fraction of sp³-hybridized carbons (Fsp3) is 0.571. The fourth-order valence-electron chi connectivity index (χ4n) is 2.97. The van der Waals surface area contributed by atoms with Gasteiger partial charge in [0.25, 0.3) is 0 Å². The second kappa shape index (κ2) is 3.73. The molecule has 0 bridgehead atoms. The maximum atomic E-state index is 12.0. The lowest BCUT2D eigenvalue weighted by molar-refractivity contribution is 0.289. The van der Waals surface area contributed by atoms with E-state index in [9.17, 15) is 8.42 Å². The van der Waals surface area contributed by atoms with Crippen LogP contribution in [0, 0.1) is 20.8 Å². The van der Waals surface area contributed by atoms with Gasteiger partial charge >= 0.3 is 0 Å². The maximum Gasteiger partial charge on any atom is 0.176 e. The molecule has 1 aliphatic heterocycles. The lowest BCUT2D eigenvalue weighted by Crippen LogP contribution is -2.20. The third-order valence-corrected chi connectivity index (χ3v) is 5.17. The highest BCUT2D eigenvalue weighted by Gasteiger charge is 2.37. The van der Waals surface area contributed by atoms with Crippen LogP contribution in [0.3, 0.4) is 0 Å². The van der Waals surface area contributed by atoms with Crippen molar-refractivity contribution in [1.29, 1.82) is 0 Å². The molecule has 3 nitrogen and oxygen atoms in total. The summed E-state index contributed by atoms with van der Waals surface area (Å²) < 4.78 is 29.8. The minimum atomic E-state index is -3.21. The van der Waals surface area contributed by atoms with Crippen molar-refractivity contribution < 1.29 is 13.2 Å². The number of fused-ring (bicyclic) bond motifs is 1. The Morgan fingerprint density at radius 3 is 2.11 bits per heavy atom. The van der Waals surface area contributed by atoms with Crippen molar-refractivity contribution in [2.24, 2.45) is 0 Å². The third kappa shape index (κ3) is 1.74. The van der Waals surface area contributed by atoms with Crippen LogP contribution >= 0.6 is 0 Å². The third-order valence-electron chi connectivity index (χ3n) is 3.81.